The number of carbonyl (C=O) groups excluding carboxylic acids is 1. The van der Waals surface area contributed by atoms with E-state index in [4.69, 9.17) is 0 Å². The van der Waals surface area contributed by atoms with Gasteiger partial charge in [0.15, 0.2) is 0 Å². The monoisotopic (exact) mass is 344 g/mol. The average molecular weight is 344 g/mol. The Morgan fingerprint density at radius 3 is 2.81 bits per heavy atom. The maximum atomic E-state index is 12.7. The number of amides is 1. The van der Waals surface area contributed by atoms with Crippen molar-refractivity contribution in [3.8, 4) is 0 Å². The molecule has 26 heavy (non-hydrogen) atoms. The number of aryl methyl sites for hydroxylation is 1. The second-order valence-corrected chi connectivity index (χ2v) is 6.26. The molecule has 0 fully saturated rings. The van der Waals surface area contributed by atoms with Gasteiger partial charge in [0.25, 0.3) is 5.91 Å². The maximum Gasteiger partial charge on any atom is 0.274 e. The van der Waals surface area contributed by atoms with Crippen molar-refractivity contribution in [3.05, 3.63) is 77.7 Å². The first-order chi connectivity index (χ1) is 12.8. The van der Waals surface area contributed by atoms with E-state index in [1.807, 2.05) is 36.4 Å². The molecule has 4 rings (SSSR count). The van der Waals surface area contributed by atoms with Crippen molar-refractivity contribution in [2.75, 3.05) is 16.8 Å². The van der Waals surface area contributed by atoms with Crippen molar-refractivity contribution < 1.29 is 4.79 Å². The minimum absolute atomic E-state index is 0.220. The van der Waals surface area contributed by atoms with Gasteiger partial charge in [-0.2, -0.15) is 0 Å². The Morgan fingerprint density at radius 1 is 1.12 bits per heavy atom. The van der Waals surface area contributed by atoms with Gasteiger partial charge >= 0.3 is 0 Å². The molecule has 5 nitrogen and oxygen atoms in total. The second kappa shape index (κ2) is 6.96. The summed E-state index contributed by atoms with van der Waals surface area (Å²) in [5, 5.41) is 2.97. The lowest BCUT2D eigenvalue weighted by Gasteiger charge is -2.18. The number of hydrogen-bond acceptors (Lipinski definition) is 4. The normalized spacial score (nSPS) is 12.7. The third-order valence-electron chi connectivity index (χ3n) is 4.70. The van der Waals surface area contributed by atoms with E-state index in [2.05, 4.69) is 39.2 Å². The van der Waals surface area contributed by atoms with Gasteiger partial charge in [0, 0.05) is 24.0 Å². The van der Waals surface area contributed by atoms with Crippen molar-refractivity contribution in [1.82, 2.24) is 9.97 Å². The molecule has 1 aromatic heterocycles. The summed E-state index contributed by atoms with van der Waals surface area (Å²) >= 11 is 0. The summed E-state index contributed by atoms with van der Waals surface area (Å²) in [6, 6.07) is 17.9. The van der Waals surface area contributed by atoms with Crippen LogP contribution in [0, 0.1) is 0 Å². The fourth-order valence-corrected chi connectivity index (χ4v) is 3.33. The zero-order valence-corrected chi connectivity index (χ0v) is 14.6. The predicted octanol–water partition coefficient (Wildman–Crippen LogP) is 3.99. The number of anilines is 3. The van der Waals surface area contributed by atoms with Gasteiger partial charge in [0.05, 0.1) is 0 Å². The van der Waals surface area contributed by atoms with Crippen LogP contribution < -0.4 is 10.2 Å². The number of aromatic nitrogens is 2. The largest absolute Gasteiger partial charge is 0.326 e. The Bertz CT molecular complexity index is 954. The summed E-state index contributed by atoms with van der Waals surface area (Å²) < 4.78 is 0. The topological polar surface area (TPSA) is 58.1 Å². The molecule has 5 heteroatoms. The molecule has 1 aliphatic rings. The van der Waals surface area contributed by atoms with Crippen LogP contribution in [-0.2, 0) is 12.8 Å². The molecule has 0 bridgehead atoms. The molecule has 0 atom stereocenters. The lowest BCUT2D eigenvalue weighted by Crippen LogP contribution is -2.19. The SMILES string of the molecule is CCc1ccccc1NC(=O)c1cc(N2CCc3ccccc32)ncn1. The molecule has 1 aliphatic heterocycles. The van der Waals surface area contributed by atoms with Crippen molar-refractivity contribution in [2.24, 2.45) is 0 Å². The first-order valence-electron chi connectivity index (χ1n) is 8.83. The number of nitrogens with one attached hydrogen (secondary N) is 1. The molecular weight excluding hydrogens is 324 g/mol. The summed E-state index contributed by atoms with van der Waals surface area (Å²) in [6.45, 7) is 2.93. The average Bonchev–Trinajstić information content (AvgIpc) is 3.12. The highest BCUT2D eigenvalue weighted by molar-refractivity contribution is 6.03. The molecule has 0 saturated carbocycles. The first-order valence-corrected chi connectivity index (χ1v) is 8.83. The van der Waals surface area contributed by atoms with Crippen LogP contribution in [0.25, 0.3) is 0 Å². The molecular formula is C21H20N4O. The van der Waals surface area contributed by atoms with Crippen LogP contribution in [0.3, 0.4) is 0 Å². The Kier molecular flexibility index (Phi) is 4.35. The van der Waals surface area contributed by atoms with E-state index in [0.29, 0.717) is 5.69 Å². The van der Waals surface area contributed by atoms with E-state index >= 15 is 0 Å². The summed E-state index contributed by atoms with van der Waals surface area (Å²) in [4.78, 5) is 23.4. The molecule has 2 heterocycles. The van der Waals surface area contributed by atoms with E-state index in [0.717, 1.165) is 42.1 Å². The highest BCUT2D eigenvalue weighted by Gasteiger charge is 2.22. The Hall–Kier alpha value is -3.21. The van der Waals surface area contributed by atoms with Crippen molar-refractivity contribution in [2.45, 2.75) is 19.8 Å². The molecule has 2 aromatic carbocycles. The predicted molar refractivity (Wildman–Crippen MR) is 103 cm³/mol. The molecule has 0 radical (unpaired) electrons. The molecule has 3 aromatic rings. The number of benzene rings is 2. The molecule has 130 valence electrons. The highest BCUT2D eigenvalue weighted by Crippen LogP contribution is 2.33. The molecule has 0 spiro atoms. The van der Waals surface area contributed by atoms with E-state index in [-0.39, 0.29) is 5.91 Å². The van der Waals surface area contributed by atoms with E-state index in [1.54, 1.807) is 6.07 Å². The molecule has 0 unspecified atom stereocenters. The number of hydrogen-bond donors (Lipinski definition) is 1. The Labute approximate surface area is 152 Å². The van der Waals surface area contributed by atoms with Gasteiger partial charge in [-0.15, -0.1) is 0 Å². The number of para-hydroxylation sites is 2. The third-order valence-corrected chi connectivity index (χ3v) is 4.70. The van der Waals surface area contributed by atoms with Gasteiger partial charge in [0.2, 0.25) is 0 Å². The summed E-state index contributed by atoms with van der Waals surface area (Å²) in [5.41, 5.74) is 4.74. The molecule has 1 amide bonds. The van der Waals surface area contributed by atoms with Gasteiger partial charge in [-0.1, -0.05) is 43.3 Å². The number of rotatable bonds is 4. The second-order valence-electron chi connectivity index (χ2n) is 6.26. The van der Waals surface area contributed by atoms with Crippen molar-refractivity contribution in [1.29, 1.82) is 0 Å². The molecule has 0 saturated heterocycles. The van der Waals surface area contributed by atoms with Crippen LogP contribution in [0.15, 0.2) is 60.9 Å². The number of fused-ring (bicyclic) bond motifs is 1. The summed E-state index contributed by atoms with van der Waals surface area (Å²) in [7, 11) is 0. The minimum Gasteiger partial charge on any atom is -0.326 e. The zero-order chi connectivity index (χ0) is 17.9. The van der Waals surface area contributed by atoms with E-state index in [9.17, 15) is 4.79 Å². The maximum absolute atomic E-state index is 12.7. The van der Waals surface area contributed by atoms with Crippen LogP contribution in [0.2, 0.25) is 0 Å². The standard InChI is InChI=1S/C21H20N4O/c1-2-15-7-3-5-9-17(15)24-21(26)18-13-20(23-14-22-18)25-12-11-16-8-4-6-10-19(16)25/h3-10,13-14H,2,11-12H2,1H3,(H,24,26). The van der Waals surface area contributed by atoms with Crippen LogP contribution >= 0.6 is 0 Å². The van der Waals surface area contributed by atoms with Crippen LogP contribution in [0.4, 0.5) is 17.2 Å². The van der Waals surface area contributed by atoms with Crippen LogP contribution in [0.1, 0.15) is 28.5 Å². The fourth-order valence-electron chi connectivity index (χ4n) is 3.33. The highest BCUT2D eigenvalue weighted by atomic mass is 16.1. The van der Waals surface area contributed by atoms with Gasteiger partial charge in [-0.3, -0.25) is 4.79 Å². The zero-order valence-electron chi connectivity index (χ0n) is 14.6. The Balaban J connectivity index is 1.59. The van der Waals surface area contributed by atoms with E-state index < -0.39 is 0 Å². The third kappa shape index (κ3) is 3.04. The molecule has 0 aliphatic carbocycles. The number of carbonyl (C=O) groups is 1. The quantitative estimate of drug-likeness (QED) is 0.777. The number of nitrogens with zero attached hydrogens (tertiary/aromatic N) is 3. The van der Waals surface area contributed by atoms with E-state index in [1.165, 1.54) is 11.9 Å². The summed E-state index contributed by atoms with van der Waals surface area (Å²) in [6.07, 6.45) is 3.29. The van der Waals surface area contributed by atoms with Gasteiger partial charge < -0.3 is 10.2 Å². The van der Waals surface area contributed by atoms with Gasteiger partial charge in [-0.25, -0.2) is 9.97 Å². The lowest BCUT2D eigenvalue weighted by molar-refractivity contribution is 0.102. The van der Waals surface area contributed by atoms with Gasteiger partial charge in [0.1, 0.15) is 17.8 Å². The smallest absolute Gasteiger partial charge is 0.274 e. The molecule has 1 N–H and O–H groups in total. The first kappa shape index (κ1) is 16.3. The van der Waals surface area contributed by atoms with Crippen molar-refractivity contribution >= 4 is 23.1 Å². The summed E-state index contributed by atoms with van der Waals surface area (Å²) in [5.74, 6) is 0.529. The lowest BCUT2D eigenvalue weighted by atomic mass is 10.1. The van der Waals surface area contributed by atoms with Gasteiger partial charge in [-0.05, 0) is 36.1 Å². The Morgan fingerprint density at radius 2 is 1.92 bits per heavy atom. The fraction of sp³-hybridized carbons (Fsp3) is 0.190. The van der Waals surface area contributed by atoms with Crippen LogP contribution in [0.5, 0.6) is 0 Å². The minimum atomic E-state index is -0.220. The van der Waals surface area contributed by atoms with Crippen LogP contribution in [-0.4, -0.2) is 22.4 Å². The van der Waals surface area contributed by atoms with Crippen molar-refractivity contribution in [3.63, 3.8) is 0 Å².